The van der Waals surface area contributed by atoms with Gasteiger partial charge in [0.1, 0.15) is 6.79 Å². The van der Waals surface area contributed by atoms with Gasteiger partial charge in [-0.05, 0) is 26.3 Å². The van der Waals surface area contributed by atoms with E-state index < -0.39 is 11.8 Å². The number of carbonyl (C=O) groups is 1. The minimum atomic E-state index is -1.19. The number of rotatable bonds is 7. The van der Waals surface area contributed by atoms with Crippen LogP contribution < -0.4 is 0 Å². The normalized spacial score (nSPS) is 14.0. The molecule has 0 unspecified atom stereocenters. The molecule has 0 aliphatic rings. The average Bonchev–Trinajstić information content (AvgIpc) is 2.43. The van der Waals surface area contributed by atoms with Crippen LogP contribution in [0.1, 0.15) is 32.8 Å². The summed E-state index contributed by atoms with van der Waals surface area (Å²) in [6, 6.07) is 6.82. The molecule has 0 radical (unpaired) electrons. The van der Waals surface area contributed by atoms with Gasteiger partial charge in [0.25, 0.3) is 0 Å². The van der Waals surface area contributed by atoms with Crippen LogP contribution in [0, 0.1) is 0 Å². The predicted octanol–water partition coefficient (Wildman–Crippen LogP) is 3.91. The Morgan fingerprint density at radius 3 is 2.48 bits per heavy atom. The van der Waals surface area contributed by atoms with E-state index in [0.717, 1.165) is 0 Å². The summed E-state index contributed by atoms with van der Waals surface area (Å²) in [6.45, 7) is 5.42. The van der Waals surface area contributed by atoms with Crippen LogP contribution in [0.2, 0.25) is 5.02 Å². The lowest BCUT2D eigenvalue weighted by Crippen LogP contribution is -2.54. The zero-order valence-electron chi connectivity index (χ0n) is 12.8. The molecule has 0 aliphatic heterocycles. The maximum absolute atomic E-state index is 11.8. The summed E-state index contributed by atoms with van der Waals surface area (Å²) in [4.78, 5) is 13.0. The van der Waals surface area contributed by atoms with Gasteiger partial charge in [-0.1, -0.05) is 36.7 Å². The SMILES string of the molecule is CC[C@@](OCOC)(c1ccccc1Cl)N(C(=O)O)C(C)C. The third-order valence-corrected chi connectivity index (χ3v) is 3.63. The Hall–Kier alpha value is -1.30. The van der Waals surface area contributed by atoms with Crippen molar-refractivity contribution >= 4 is 17.7 Å². The van der Waals surface area contributed by atoms with E-state index in [1.54, 1.807) is 32.0 Å². The molecule has 1 amide bonds. The van der Waals surface area contributed by atoms with Gasteiger partial charge < -0.3 is 14.6 Å². The van der Waals surface area contributed by atoms with Crippen molar-refractivity contribution in [2.75, 3.05) is 13.9 Å². The summed E-state index contributed by atoms with van der Waals surface area (Å²) < 4.78 is 10.8. The highest BCUT2D eigenvalue weighted by atomic mass is 35.5. The minimum Gasteiger partial charge on any atom is -0.465 e. The fourth-order valence-electron chi connectivity index (χ4n) is 2.47. The van der Waals surface area contributed by atoms with Crippen molar-refractivity contribution in [3.05, 3.63) is 34.9 Å². The molecule has 0 saturated carbocycles. The van der Waals surface area contributed by atoms with Gasteiger partial charge >= 0.3 is 6.09 Å². The van der Waals surface area contributed by atoms with E-state index in [1.165, 1.54) is 12.0 Å². The third-order valence-electron chi connectivity index (χ3n) is 3.30. The van der Waals surface area contributed by atoms with Crippen LogP contribution in [-0.4, -0.2) is 36.0 Å². The molecule has 0 aromatic heterocycles. The number of nitrogens with zero attached hydrogens (tertiary/aromatic N) is 1. The summed E-state index contributed by atoms with van der Waals surface area (Å²) in [6.07, 6.45) is -0.659. The first-order valence-electron chi connectivity index (χ1n) is 6.80. The van der Waals surface area contributed by atoms with Gasteiger partial charge in [0, 0.05) is 23.7 Å². The van der Waals surface area contributed by atoms with Gasteiger partial charge in [-0.2, -0.15) is 0 Å². The first-order chi connectivity index (χ1) is 9.90. The average molecular weight is 316 g/mol. The van der Waals surface area contributed by atoms with Crippen LogP contribution in [0.5, 0.6) is 0 Å². The maximum Gasteiger partial charge on any atom is 0.410 e. The molecule has 0 saturated heterocycles. The van der Waals surface area contributed by atoms with Crippen LogP contribution in [0.15, 0.2) is 24.3 Å². The van der Waals surface area contributed by atoms with Crippen molar-refractivity contribution in [1.82, 2.24) is 4.90 Å². The van der Waals surface area contributed by atoms with E-state index >= 15 is 0 Å². The Morgan fingerprint density at radius 1 is 1.43 bits per heavy atom. The molecule has 6 heteroatoms. The largest absolute Gasteiger partial charge is 0.465 e. The van der Waals surface area contributed by atoms with Gasteiger partial charge in [-0.3, -0.25) is 4.90 Å². The lowest BCUT2D eigenvalue weighted by molar-refractivity contribution is -0.209. The monoisotopic (exact) mass is 315 g/mol. The number of amides is 1. The zero-order valence-corrected chi connectivity index (χ0v) is 13.6. The zero-order chi connectivity index (χ0) is 16.0. The number of halogens is 1. The molecule has 1 aromatic carbocycles. The second kappa shape index (κ2) is 7.64. The summed E-state index contributed by atoms with van der Waals surface area (Å²) in [5.41, 5.74) is -0.573. The summed E-state index contributed by atoms with van der Waals surface area (Å²) in [7, 11) is 1.49. The van der Waals surface area contributed by atoms with Gasteiger partial charge in [0.2, 0.25) is 0 Å². The first-order valence-corrected chi connectivity index (χ1v) is 7.18. The summed E-state index contributed by atoms with van der Waals surface area (Å²) in [5, 5.41) is 10.1. The van der Waals surface area contributed by atoms with Gasteiger partial charge in [-0.15, -0.1) is 0 Å². The van der Waals surface area contributed by atoms with Crippen LogP contribution in [0.25, 0.3) is 0 Å². The van der Waals surface area contributed by atoms with Gasteiger partial charge in [-0.25, -0.2) is 4.79 Å². The number of ether oxygens (including phenoxy) is 2. The molecule has 118 valence electrons. The smallest absolute Gasteiger partial charge is 0.410 e. The Labute approximate surface area is 130 Å². The highest BCUT2D eigenvalue weighted by Crippen LogP contribution is 2.39. The molecular weight excluding hydrogens is 294 g/mol. The molecule has 0 fully saturated rings. The van der Waals surface area contributed by atoms with Crippen molar-refractivity contribution in [2.45, 2.75) is 39.0 Å². The van der Waals surface area contributed by atoms with Crippen LogP contribution in [0.4, 0.5) is 4.79 Å². The van der Waals surface area contributed by atoms with E-state index in [-0.39, 0.29) is 12.8 Å². The van der Waals surface area contributed by atoms with Crippen molar-refractivity contribution < 1.29 is 19.4 Å². The second-order valence-electron chi connectivity index (χ2n) is 4.91. The Bertz CT molecular complexity index is 480. The molecule has 1 rings (SSSR count). The molecule has 21 heavy (non-hydrogen) atoms. The molecular formula is C15H22ClNO4. The summed E-state index contributed by atoms with van der Waals surface area (Å²) >= 11 is 6.28. The lowest BCUT2D eigenvalue weighted by Gasteiger charge is -2.44. The highest BCUT2D eigenvalue weighted by Gasteiger charge is 2.44. The number of methoxy groups -OCH3 is 1. The molecule has 1 atom stereocenters. The summed E-state index contributed by atoms with van der Waals surface area (Å²) in [5.74, 6) is 0. The highest BCUT2D eigenvalue weighted by molar-refractivity contribution is 6.31. The molecule has 0 bridgehead atoms. The van der Waals surface area contributed by atoms with Gasteiger partial charge in [0.05, 0.1) is 0 Å². The van der Waals surface area contributed by atoms with E-state index in [2.05, 4.69) is 0 Å². The molecule has 5 nitrogen and oxygen atoms in total. The number of hydrogen-bond donors (Lipinski definition) is 1. The van der Waals surface area contributed by atoms with Crippen LogP contribution >= 0.6 is 11.6 Å². The minimum absolute atomic E-state index is 0.0322. The van der Waals surface area contributed by atoms with E-state index in [0.29, 0.717) is 17.0 Å². The van der Waals surface area contributed by atoms with Gasteiger partial charge in [0.15, 0.2) is 5.72 Å². The fraction of sp³-hybridized carbons (Fsp3) is 0.533. The molecule has 0 spiro atoms. The van der Waals surface area contributed by atoms with Crippen molar-refractivity contribution in [1.29, 1.82) is 0 Å². The number of hydrogen-bond acceptors (Lipinski definition) is 3. The molecule has 1 aromatic rings. The lowest BCUT2D eigenvalue weighted by atomic mass is 9.96. The van der Waals surface area contributed by atoms with Crippen molar-refractivity contribution in [2.24, 2.45) is 0 Å². The maximum atomic E-state index is 11.8. The topological polar surface area (TPSA) is 59.0 Å². The number of benzene rings is 1. The molecule has 0 heterocycles. The number of carboxylic acid groups (broad SMARTS) is 1. The van der Waals surface area contributed by atoms with Crippen molar-refractivity contribution in [3.8, 4) is 0 Å². The Kier molecular flexibility index (Phi) is 6.45. The molecule has 0 aliphatic carbocycles. The third kappa shape index (κ3) is 3.67. The second-order valence-corrected chi connectivity index (χ2v) is 5.32. The van der Waals surface area contributed by atoms with Crippen LogP contribution in [0.3, 0.4) is 0 Å². The van der Waals surface area contributed by atoms with E-state index in [9.17, 15) is 9.90 Å². The standard InChI is InChI=1S/C15H22ClNO4/c1-5-15(21-10-20-4,17(11(2)3)14(18)19)12-8-6-7-9-13(12)16/h6-9,11H,5,10H2,1-4H3,(H,18,19)/t15-/m1/s1. The van der Waals surface area contributed by atoms with E-state index in [1.807, 2.05) is 13.0 Å². The Morgan fingerprint density at radius 2 is 2.05 bits per heavy atom. The van der Waals surface area contributed by atoms with Crippen molar-refractivity contribution in [3.63, 3.8) is 0 Å². The van der Waals surface area contributed by atoms with E-state index in [4.69, 9.17) is 21.1 Å². The van der Waals surface area contributed by atoms with Crippen LogP contribution in [-0.2, 0) is 15.2 Å². The fourth-order valence-corrected chi connectivity index (χ4v) is 2.75. The molecule has 1 N–H and O–H groups in total. The Balaban J connectivity index is 3.46. The predicted molar refractivity (Wildman–Crippen MR) is 81.4 cm³/mol. The first kappa shape index (κ1) is 17.8. The quantitative estimate of drug-likeness (QED) is 0.775.